The summed E-state index contributed by atoms with van der Waals surface area (Å²) in [5, 5.41) is 0. The van der Waals surface area contributed by atoms with Crippen LogP contribution < -0.4 is 0 Å². The third-order valence-electron chi connectivity index (χ3n) is 12.1. The summed E-state index contributed by atoms with van der Waals surface area (Å²) in [5.74, 6) is 0. The Labute approximate surface area is 354 Å². The first-order chi connectivity index (χ1) is 25.9. The number of nitrogens with zero attached hydrogens (tertiary/aromatic N) is 2. The van der Waals surface area contributed by atoms with Crippen LogP contribution in [-0.2, 0) is 11.9 Å². The van der Waals surface area contributed by atoms with Crippen LogP contribution >= 0.6 is 59.2 Å². The first kappa shape index (κ1) is 42.9. The fourth-order valence-electron chi connectivity index (χ4n) is 10.1. The molecule has 0 aliphatic heterocycles. The van der Waals surface area contributed by atoms with Crippen molar-refractivity contribution < 1.29 is 11.9 Å². The van der Waals surface area contributed by atoms with E-state index in [4.69, 9.17) is 19.4 Å². The molecule has 0 saturated heterocycles. The van der Waals surface area contributed by atoms with Crippen LogP contribution in [0.1, 0.15) is 135 Å². The number of hydrogen-bond donors (Lipinski definition) is 0. The van der Waals surface area contributed by atoms with Crippen molar-refractivity contribution in [2.24, 2.45) is 0 Å². The Balaban J connectivity index is 0.000000219. The van der Waals surface area contributed by atoms with Crippen molar-refractivity contribution in [2.75, 3.05) is 0 Å². The predicted octanol–water partition coefficient (Wildman–Crippen LogP) is 15.7. The third kappa shape index (κ3) is 9.95. The quantitative estimate of drug-likeness (QED) is 0.135. The summed E-state index contributed by atoms with van der Waals surface area (Å²) in [6, 6.07) is 18.9. The van der Waals surface area contributed by atoms with E-state index in [9.17, 15) is 0 Å². The van der Waals surface area contributed by atoms with Crippen LogP contribution in [0.25, 0.3) is 11.4 Å². The minimum absolute atomic E-state index is 0.0465. The molecule has 0 atom stereocenters. The van der Waals surface area contributed by atoms with E-state index in [1.54, 1.807) is 96.3 Å². The predicted molar refractivity (Wildman–Crippen MR) is 244 cm³/mol. The number of hydrogen-bond acceptors (Lipinski definition) is 0. The molecule has 0 bridgehead atoms. The molecule has 54 heavy (non-hydrogen) atoms. The fraction of sp³-hybridized carbons (Fsp3) is 0.522. The first-order valence-electron chi connectivity index (χ1n) is 20.4. The van der Waals surface area contributed by atoms with E-state index in [0.717, 1.165) is 30.2 Å². The third-order valence-corrected chi connectivity index (χ3v) is 24.0. The van der Waals surface area contributed by atoms with Gasteiger partial charge < -0.3 is 0 Å². The van der Waals surface area contributed by atoms with Gasteiger partial charge in [-0.05, 0) is 77.0 Å². The van der Waals surface area contributed by atoms with Crippen LogP contribution in [0.4, 0.5) is 0 Å². The molecule has 0 amide bonds. The molecule has 0 unspecified atom stereocenters. The summed E-state index contributed by atoms with van der Waals surface area (Å²) in [5.41, 5.74) is 14.0. The summed E-state index contributed by atoms with van der Waals surface area (Å²) in [6.07, 6.45) is 23.8. The van der Waals surface area contributed by atoms with Gasteiger partial charge in [-0.3, -0.25) is 0 Å². The zero-order valence-electron chi connectivity index (χ0n) is 33.4. The molecule has 8 heteroatoms. The Hall–Kier alpha value is -0.667. The van der Waals surface area contributed by atoms with E-state index in [-0.39, 0.29) is 7.92 Å². The van der Waals surface area contributed by atoms with E-state index < -0.39 is 11.9 Å². The first-order valence-corrected chi connectivity index (χ1v) is 30.1. The van der Waals surface area contributed by atoms with Gasteiger partial charge in [-0.25, -0.2) is 0 Å². The van der Waals surface area contributed by atoms with Gasteiger partial charge >= 0.3 is 237 Å². The van der Waals surface area contributed by atoms with Crippen molar-refractivity contribution >= 4 is 63.8 Å². The normalized spacial score (nSPS) is 18.1. The van der Waals surface area contributed by atoms with E-state index in [1.807, 2.05) is 30.3 Å². The van der Waals surface area contributed by atoms with Gasteiger partial charge in [0.2, 0.25) is 0 Å². The van der Waals surface area contributed by atoms with E-state index >= 15 is 0 Å². The standard InChI is InChI=1S/C21H22Br2N2.C18H33P.C7H6.2ClH.Ru/c1-12-7-14(3)18(15(4)8-12)24-11-25(21(23)20(24)22)19-16(5)9-13(2)10-17(19)6;1-4-10-16(11-5-1)19(17-12-6-2-7-13-17)18-14-8-3-9-15-18;1-7-5-3-2-4-6-7;;;/h7-10H,1-6H3;16-18H,1-15H2;1-6H;2*1H;/q;;;;;+2/p-1. The van der Waals surface area contributed by atoms with E-state index in [0.29, 0.717) is 0 Å². The second kappa shape index (κ2) is 19.4. The van der Waals surface area contributed by atoms with Gasteiger partial charge in [-0.1, -0.05) is 19.3 Å². The summed E-state index contributed by atoms with van der Waals surface area (Å²) >= 11 is 4.18. The molecule has 2 nitrogen and oxygen atoms in total. The Morgan fingerprint density at radius 3 is 1.22 bits per heavy atom. The van der Waals surface area contributed by atoms with E-state index in [2.05, 4.69) is 111 Å². The summed E-state index contributed by atoms with van der Waals surface area (Å²) in [7, 11) is 14.9. The van der Waals surface area contributed by atoms with Crippen LogP contribution in [0.5, 0.6) is 0 Å². The maximum absolute atomic E-state index is 7.46. The molecule has 0 radical (unpaired) electrons. The average molecular weight is 1010 g/mol. The van der Waals surface area contributed by atoms with Gasteiger partial charge in [0.15, 0.2) is 0 Å². The maximum atomic E-state index is 7.46. The Bertz CT molecular complexity index is 1900. The monoisotopic (exact) mass is 1000 g/mol. The van der Waals surface area contributed by atoms with Crippen molar-refractivity contribution in [1.29, 1.82) is 0 Å². The van der Waals surface area contributed by atoms with Gasteiger partial charge in [0, 0.05) is 7.92 Å². The van der Waals surface area contributed by atoms with Gasteiger partial charge in [-0.15, -0.1) is 0 Å². The Morgan fingerprint density at radius 2 is 0.889 bits per heavy atom. The van der Waals surface area contributed by atoms with Crippen LogP contribution in [0, 0.1) is 45.6 Å². The molecule has 1 aromatic heterocycles. The van der Waals surface area contributed by atoms with Gasteiger partial charge in [0.25, 0.3) is 0 Å². The molecule has 3 aliphatic carbocycles. The number of rotatable bonds is 6. The Kier molecular flexibility index (Phi) is 15.4. The van der Waals surface area contributed by atoms with Crippen molar-refractivity contribution in [1.82, 2.24) is 9.13 Å². The molecule has 3 fully saturated rings. The van der Waals surface area contributed by atoms with Crippen molar-refractivity contribution in [3.8, 4) is 11.4 Å². The van der Waals surface area contributed by atoms with Crippen molar-refractivity contribution in [3.63, 3.8) is 0 Å². The molecule has 3 aromatic carbocycles. The van der Waals surface area contributed by atoms with Crippen molar-refractivity contribution in [3.05, 3.63) is 107 Å². The second-order valence-corrected chi connectivity index (χ2v) is 30.7. The van der Waals surface area contributed by atoms with E-state index in [1.165, 1.54) is 50.4 Å². The molecule has 3 aliphatic rings. The van der Waals surface area contributed by atoms with Gasteiger partial charge in [0.1, 0.15) is 0 Å². The number of imidazole rings is 1. The number of aromatic nitrogens is 2. The topological polar surface area (TPSA) is 9.86 Å². The molecule has 0 N–H and O–H groups in total. The second-order valence-electron chi connectivity index (χ2n) is 16.5. The molecular weight excluding hydrogens is 943 g/mol. The summed E-state index contributed by atoms with van der Waals surface area (Å²) in [6.45, 7) is 12.8. The molecule has 3 saturated carbocycles. The van der Waals surface area contributed by atoms with Crippen LogP contribution in [0.3, 0.4) is 0 Å². The van der Waals surface area contributed by atoms with Crippen LogP contribution in [0.15, 0.2) is 63.8 Å². The zero-order chi connectivity index (χ0) is 38.6. The molecule has 1 heterocycles. The fourth-order valence-corrected chi connectivity index (χ4v) is 22.5. The average Bonchev–Trinajstić information content (AvgIpc) is 3.39. The number of benzene rings is 3. The molecule has 0 spiro atoms. The van der Waals surface area contributed by atoms with Crippen LogP contribution in [-0.4, -0.2) is 30.7 Å². The SMILES string of the molecule is C1CCC([PH+](C2CCCCC2)C2CCCCC2)CC1.Cc1cc(C)c(-n2c(Br)c(Br)n(-c3c(C)cc(C)cc3C)[c]2=[Ru]([Cl])([Cl])=[CH]c2ccccc2)c(C)c1. The van der Waals surface area contributed by atoms with Crippen LogP contribution in [0.2, 0.25) is 0 Å². The Morgan fingerprint density at radius 1 is 0.556 bits per heavy atom. The zero-order valence-corrected chi connectivity index (χ0v) is 40.8. The number of aryl methyl sites for hydroxylation is 6. The van der Waals surface area contributed by atoms with Gasteiger partial charge in [0.05, 0.1) is 17.0 Å². The summed E-state index contributed by atoms with van der Waals surface area (Å²) in [4.78, 5) is 0. The summed E-state index contributed by atoms with van der Waals surface area (Å²) < 4.78 is 9.14. The molecule has 7 rings (SSSR count). The van der Waals surface area contributed by atoms with Gasteiger partial charge in [-0.2, -0.15) is 0 Å². The molecular formula is C46H62Br2Cl2N2PRu+. The molecule has 4 aromatic rings. The van der Waals surface area contributed by atoms with Crippen molar-refractivity contribution in [2.45, 2.75) is 155 Å². The number of halogens is 4. The minimum atomic E-state index is -3.64. The molecule has 296 valence electrons.